The molecule has 16 heavy (non-hydrogen) atoms. The maximum Gasteiger partial charge on any atom is 0.170 e. The van der Waals surface area contributed by atoms with Crippen molar-refractivity contribution in [2.75, 3.05) is 5.32 Å². The standard InChI is InChI=1S/C11H10ClN3S/c12-10-5-9(2-1-7(10)6-13)15-11(16)14-8-3-4-8/h1-2,5,8H,3-4H2,(H2,14,15,16). The molecule has 0 spiro atoms. The van der Waals surface area contributed by atoms with Crippen molar-refractivity contribution in [1.29, 1.82) is 5.26 Å². The van der Waals surface area contributed by atoms with Crippen molar-refractivity contribution in [3.63, 3.8) is 0 Å². The summed E-state index contributed by atoms with van der Waals surface area (Å²) in [5, 5.41) is 16.0. The van der Waals surface area contributed by atoms with E-state index in [1.54, 1.807) is 18.2 Å². The van der Waals surface area contributed by atoms with E-state index in [1.807, 2.05) is 6.07 Å². The van der Waals surface area contributed by atoms with Crippen molar-refractivity contribution in [3.05, 3.63) is 28.8 Å². The lowest BCUT2D eigenvalue weighted by molar-refractivity contribution is 0.919. The SMILES string of the molecule is N#Cc1ccc(NC(=S)NC2CC2)cc1Cl. The lowest BCUT2D eigenvalue weighted by Gasteiger charge is -2.09. The zero-order valence-corrected chi connectivity index (χ0v) is 10.0. The molecule has 2 rings (SSSR count). The normalized spacial score (nSPS) is 14.0. The molecule has 0 bridgehead atoms. The molecule has 1 aliphatic carbocycles. The topological polar surface area (TPSA) is 47.9 Å². The van der Waals surface area contributed by atoms with Crippen LogP contribution in [0.25, 0.3) is 0 Å². The Balaban J connectivity index is 2.01. The van der Waals surface area contributed by atoms with Crippen LogP contribution in [0.2, 0.25) is 5.02 Å². The lowest BCUT2D eigenvalue weighted by atomic mass is 10.2. The maximum atomic E-state index is 8.73. The Hall–Kier alpha value is -1.31. The van der Waals surface area contributed by atoms with E-state index in [0.29, 0.717) is 21.7 Å². The number of anilines is 1. The van der Waals surface area contributed by atoms with E-state index in [1.165, 1.54) is 12.8 Å². The fourth-order valence-electron chi connectivity index (χ4n) is 1.26. The number of hydrogen-bond acceptors (Lipinski definition) is 2. The molecule has 0 aromatic heterocycles. The van der Waals surface area contributed by atoms with E-state index >= 15 is 0 Å². The van der Waals surface area contributed by atoms with Gasteiger partial charge in [-0.2, -0.15) is 5.26 Å². The molecular weight excluding hydrogens is 242 g/mol. The summed E-state index contributed by atoms with van der Waals surface area (Å²) >= 11 is 11.0. The van der Waals surface area contributed by atoms with Crippen molar-refractivity contribution >= 4 is 34.6 Å². The van der Waals surface area contributed by atoms with Crippen LogP contribution in [0.1, 0.15) is 18.4 Å². The second kappa shape index (κ2) is 4.69. The first kappa shape index (κ1) is 11.2. The summed E-state index contributed by atoms with van der Waals surface area (Å²) in [5.41, 5.74) is 1.26. The molecule has 1 aromatic carbocycles. The van der Waals surface area contributed by atoms with Gasteiger partial charge in [-0.1, -0.05) is 11.6 Å². The molecule has 0 amide bonds. The van der Waals surface area contributed by atoms with E-state index in [4.69, 9.17) is 29.1 Å². The first-order chi connectivity index (χ1) is 7.69. The molecule has 3 nitrogen and oxygen atoms in total. The largest absolute Gasteiger partial charge is 0.360 e. The Morgan fingerprint density at radius 2 is 2.25 bits per heavy atom. The summed E-state index contributed by atoms with van der Waals surface area (Å²) in [4.78, 5) is 0. The van der Waals surface area contributed by atoms with Crippen LogP contribution in [0.3, 0.4) is 0 Å². The molecule has 0 heterocycles. The van der Waals surface area contributed by atoms with Gasteiger partial charge in [0.05, 0.1) is 10.6 Å². The van der Waals surface area contributed by atoms with E-state index in [9.17, 15) is 0 Å². The molecule has 0 unspecified atom stereocenters. The summed E-state index contributed by atoms with van der Waals surface area (Å²) in [5.74, 6) is 0. The first-order valence-electron chi connectivity index (χ1n) is 4.96. The molecule has 1 aliphatic rings. The van der Waals surface area contributed by atoms with E-state index in [2.05, 4.69) is 10.6 Å². The summed E-state index contributed by atoms with van der Waals surface area (Å²) in [6, 6.07) is 7.68. The van der Waals surface area contributed by atoms with Crippen molar-refractivity contribution in [2.24, 2.45) is 0 Å². The number of hydrogen-bond donors (Lipinski definition) is 2. The average molecular weight is 252 g/mol. The van der Waals surface area contributed by atoms with Gasteiger partial charge in [0, 0.05) is 11.7 Å². The quantitative estimate of drug-likeness (QED) is 0.794. The second-order valence-corrected chi connectivity index (χ2v) is 4.49. The van der Waals surface area contributed by atoms with Gasteiger partial charge in [-0.15, -0.1) is 0 Å². The van der Waals surface area contributed by atoms with Crippen LogP contribution in [-0.4, -0.2) is 11.2 Å². The van der Waals surface area contributed by atoms with Gasteiger partial charge >= 0.3 is 0 Å². The number of rotatable bonds is 2. The second-order valence-electron chi connectivity index (χ2n) is 3.68. The zero-order valence-electron chi connectivity index (χ0n) is 8.46. The fourth-order valence-corrected chi connectivity index (χ4v) is 1.77. The molecule has 5 heteroatoms. The number of benzene rings is 1. The highest BCUT2D eigenvalue weighted by atomic mass is 35.5. The van der Waals surface area contributed by atoms with E-state index in [0.717, 1.165) is 5.69 Å². The highest BCUT2D eigenvalue weighted by Crippen LogP contribution is 2.21. The number of nitrogens with one attached hydrogen (secondary N) is 2. The lowest BCUT2D eigenvalue weighted by Crippen LogP contribution is -2.30. The molecular formula is C11H10ClN3S. The first-order valence-corrected chi connectivity index (χ1v) is 5.75. The summed E-state index contributed by atoms with van der Waals surface area (Å²) in [6.45, 7) is 0. The number of nitrogens with zero attached hydrogens (tertiary/aromatic N) is 1. The van der Waals surface area contributed by atoms with Gasteiger partial charge in [-0.3, -0.25) is 0 Å². The van der Waals surface area contributed by atoms with Gasteiger partial charge in [-0.05, 0) is 43.3 Å². The van der Waals surface area contributed by atoms with Crippen LogP contribution in [0.15, 0.2) is 18.2 Å². The monoisotopic (exact) mass is 251 g/mol. The van der Waals surface area contributed by atoms with Crippen LogP contribution in [0, 0.1) is 11.3 Å². The van der Waals surface area contributed by atoms with Gasteiger partial charge in [0.2, 0.25) is 0 Å². The van der Waals surface area contributed by atoms with Crippen molar-refractivity contribution in [2.45, 2.75) is 18.9 Å². The highest BCUT2D eigenvalue weighted by molar-refractivity contribution is 7.80. The minimum atomic E-state index is 0.432. The number of thiocarbonyl (C=S) groups is 1. The number of halogens is 1. The molecule has 1 fully saturated rings. The summed E-state index contributed by atoms with van der Waals surface area (Å²) in [7, 11) is 0. The van der Waals surface area contributed by atoms with E-state index in [-0.39, 0.29) is 0 Å². The third-order valence-electron chi connectivity index (χ3n) is 2.26. The third kappa shape index (κ3) is 2.84. The van der Waals surface area contributed by atoms with Gasteiger partial charge < -0.3 is 10.6 Å². The smallest absolute Gasteiger partial charge is 0.170 e. The number of nitriles is 1. The van der Waals surface area contributed by atoms with Crippen LogP contribution in [-0.2, 0) is 0 Å². The minimum absolute atomic E-state index is 0.432. The summed E-state index contributed by atoms with van der Waals surface area (Å²) in [6.07, 6.45) is 2.35. The molecule has 0 saturated heterocycles. The molecule has 82 valence electrons. The van der Waals surface area contributed by atoms with Crippen molar-refractivity contribution < 1.29 is 0 Å². The molecule has 0 aliphatic heterocycles. The molecule has 0 radical (unpaired) electrons. The van der Waals surface area contributed by atoms with Gasteiger partial charge in [-0.25, -0.2) is 0 Å². The van der Waals surface area contributed by atoms with E-state index < -0.39 is 0 Å². The molecule has 2 N–H and O–H groups in total. The zero-order chi connectivity index (χ0) is 11.5. The highest BCUT2D eigenvalue weighted by Gasteiger charge is 2.21. The summed E-state index contributed by atoms with van der Waals surface area (Å²) < 4.78 is 0. The Labute approximate surface area is 104 Å². The Morgan fingerprint density at radius 3 is 2.81 bits per heavy atom. The van der Waals surface area contributed by atoms with Crippen LogP contribution >= 0.6 is 23.8 Å². The maximum absolute atomic E-state index is 8.73. The van der Waals surface area contributed by atoms with Gasteiger partial charge in [0.1, 0.15) is 6.07 Å². The average Bonchev–Trinajstić information content (AvgIpc) is 3.01. The Bertz CT molecular complexity index is 463. The van der Waals surface area contributed by atoms with Crippen LogP contribution in [0.5, 0.6) is 0 Å². The minimum Gasteiger partial charge on any atom is -0.360 e. The Morgan fingerprint density at radius 1 is 1.50 bits per heavy atom. The van der Waals surface area contributed by atoms with Crippen LogP contribution < -0.4 is 10.6 Å². The fraction of sp³-hybridized carbons (Fsp3) is 0.273. The third-order valence-corrected chi connectivity index (χ3v) is 2.79. The van der Waals surface area contributed by atoms with Crippen molar-refractivity contribution in [3.8, 4) is 6.07 Å². The van der Waals surface area contributed by atoms with Crippen molar-refractivity contribution in [1.82, 2.24) is 5.32 Å². The predicted octanol–water partition coefficient (Wildman–Crippen LogP) is 2.66. The Kier molecular flexibility index (Phi) is 3.28. The van der Waals surface area contributed by atoms with Crippen LogP contribution in [0.4, 0.5) is 5.69 Å². The van der Waals surface area contributed by atoms with Gasteiger partial charge in [0.15, 0.2) is 5.11 Å². The molecule has 1 aromatic rings. The molecule has 0 atom stereocenters. The molecule has 1 saturated carbocycles. The van der Waals surface area contributed by atoms with Gasteiger partial charge in [0.25, 0.3) is 0 Å². The predicted molar refractivity (Wildman–Crippen MR) is 68.5 cm³/mol.